The summed E-state index contributed by atoms with van der Waals surface area (Å²) in [5, 5.41) is 14.7. The van der Waals surface area contributed by atoms with E-state index in [0.29, 0.717) is 24.4 Å². The van der Waals surface area contributed by atoms with Gasteiger partial charge in [-0.2, -0.15) is 0 Å². The van der Waals surface area contributed by atoms with Crippen LogP contribution in [0.2, 0.25) is 0 Å². The Bertz CT molecular complexity index is 215. The molecule has 16 heavy (non-hydrogen) atoms. The minimum Gasteiger partial charge on any atom is -0.396 e. The largest absolute Gasteiger partial charge is 0.396 e. The third-order valence-electron chi connectivity index (χ3n) is 2.81. The van der Waals surface area contributed by atoms with Crippen LogP contribution in [-0.4, -0.2) is 30.3 Å². The fourth-order valence-corrected chi connectivity index (χ4v) is 1.85. The maximum atomic E-state index is 11.4. The molecule has 1 rings (SSSR count). The molecule has 1 saturated carbocycles. The van der Waals surface area contributed by atoms with Crippen LogP contribution in [0.4, 0.5) is 4.79 Å². The molecule has 3 N–H and O–H groups in total. The number of amides is 2. The SMILES string of the molecule is CC(C)CC(CCO)CNC(=O)NC1CC1. The number of aliphatic hydroxyl groups excluding tert-OH is 1. The Morgan fingerprint density at radius 1 is 1.44 bits per heavy atom. The summed E-state index contributed by atoms with van der Waals surface area (Å²) in [4.78, 5) is 11.4. The molecule has 0 aromatic heterocycles. The minimum absolute atomic E-state index is 0.0609. The standard InChI is InChI=1S/C12H24N2O2/c1-9(2)7-10(5-6-15)8-13-12(16)14-11-3-4-11/h9-11,15H,3-8H2,1-2H3,(H2,13,14,16). The molecule has 4 nitrogen and oxygen atoms in total. The van der Waals surface area contributed by atoms with Crippen molar-refractivity contribution in [3.05, 3.63) is 0 Å². The van der Waals surface area contributed by atoms with Crippen LogP contribution in [0.15, 0.2) is 0 Å². The molecule has 1 fully saturated rings. The molecule has 0 heterocycles. The monoisotopic (exact) mass is 228 g/mol. The molecular weight excluding hydrogens is 204 g/mol. The van der Waals surface area contributed by atoms with Gasteiger partial charge in [0.1, 0.15) is 0 Å². The van der Waals surface area contributed by atoms with Crippen molar-refractivity contribution in [2.75, 3.05) is 13.2 Å². The number of aliphatic hydroxyl groups is 1. The second-order valence-corrected chi connectivity index (χ2v) is 5.14. The first-order chi connectivity index (χ1) is 7.61. The Labute approximate surface area is 97.8 Å². The van der Waals surface area contributed by atoms with E-state index >= 15 is 0 Å². The number of hydrogen-bond donors (Lipinski definition) is 3. The van der Waals surface area contributed by atoms with Crippen molar-refractivity contribution in [1.82, 2.24) is 10.6 Å². The van der Waals surface area contributed by atoms with Crippen molar-refractivity contribution >= 4 is 6.03 Å². The summed E-state index contributed by atoms with van der Waals surface area (Å²) in [6, 6.07) is 0.343. The molecule has 1 aliphatic rings. The van der Waals surface area contributed by atoms with Crippen LogP contribution in [0.3, 0.4) is 0 Å². The number of rotatable bonds is 7. The molecule has 0 radical (unpaired) electrons. The summed E-state index contributed by atoms with van der Waals surface area (Å²) in [6.45, 7) is 5.18. The van der Waals surface area contributed by atoms with Gasteiger partial charge in [-0.05, 0) is 37.5 Å². The highest BCUT2D eigenvalue weighted by atomic mass is 16.3. The van der Waals surface area contributed by atoms with Crippen LogP contribution >= 0.6 is 0 Å². The number of urea groups is 1. The van der Waals surface area contributed by atoms with Gasteiger partial charge in [-0.15, -0.1) is 0 Å². The molecule has 4 heteroatoms. The van der Waals surface area contributed by atoms with Crippen LogP contribution in [0.1, 0.15) is 39.5 Å². The third-order valence-corrected chi connectivity index (χ3v) is 2.81. The lowest BCUT2D eigenvalue weighted by Crippen LogP contribution is -2.39. The van der Waals surface area contributed by atoms with E-state index in [4.69, 9.17) is 5.11 Å². The van der Waals surface area contributed by atoms with Gasteiger partial charge in [0.25, 0.3) is 0 Å². The molecule has 0 spiro atoms. The number of hydrogen-bond acceptors (Lipinski definition) is 2. The van der Waals surface area contributed by atoms with E-state index in [2.05, 4.69) is 24.5 Å². The molecule has 0 aromatic carbocycles. The zero-order valence-corrected chi connectivity index (χ0v) is 10.3. The van der Waals surface area contributed by atoms with Crippen LogP contribution in [-0.2, 0) is 0 Å². The maximum Gasteiger partial charge on any atom is 0.315 e. The topological polar surface area (TPSA) is 61.4 Å². The Morgan fingerprint density at radius 3 is 2.62 bits per heavy atom. The minimum atomic E-state index is -0.0609. The average Bonchev–Trinajstić information content (AvgIpc) is 2.97. The van der Waals surface area contributed by atoms with Crippen LogP contribution < -0.4 is 10.6 Å². The van der Waals surface area contributed by atoms with Gasteiger partial charge in [0.2, 0.25) is 0 Å². The highest BCUT2D eigenvalue weighted by molar-refractivity contribution is 5.74. The van der Waals surface area contributed by atoms with Crippen LogP contribution in [0.5, 0.6) is 0 Å². The lowest BCUT2D eigenvalue weighted by Gasteiger charge is -2.18. The van der Waals surface area contributed by atoms with E-state index in [1.807, 2.05) is 0 Å². The quantitative estimate of drug-likeness (QED) is 0.618. The first-order valence-electron chi connectivity index (χ1n) is 6.27. The second kappa shape index (κ2) is 6.74. The Kier molecular flexibility index (Phi) is 5.60. The summed E-state index contributed by atoms with van der Waals surface area (Å²) in [5.74, 6) is 0.986. The lowest BCUT2D eigenvalue weighted by atomic mass is 9.94. The summed E-state index contributed by atoms with van der Waals surface area (Å²) < 4.78 is 0. The molecule has 94 valence electrons. The predicted molar refractivity (Wildman–Crippen MR) is 64.2 cm³/mol. The smallest absolute Gasteiger partial charge is 0.315 e. The first kappa shape index (κ1) is 13.3. The molecule has 0 aliphatic heterocycles. The highest BCUT2D eigenvalue weighted by Crippen LogP contribution is 2.18. The van der Waals surface area contributed by atoms with Crippen molar-refractivity contribution in [2.24, 2.45) is 11.8 Å². The van der Waals surface area contributed by atoms with Gasteiger partial charge in [0.15, 0.2) is 0 Å². The fraction of sp³-hybridized carbons (Fsp3) is 0.917. The van der Waals surface area contributed by atoms with Crippen molar-refractivity contribution in [1.29, 1.82) is 0 Å². The second-order valence-electron chi connectivity index (χ2n) is 5.14. The fourth-order valence-electron chi connectivity index (χ4n) is 1.85. The first-order valence-corrected chi connectivity index (χ1v) is 6.27. The molecule has 1 unspecified atom stereocenters. The molecule has 0 aromatic rings. The molecule has 0 bridgehead atoms. The van der Waals surface area contributed by atoms with E-state index < -0.39 is 0 Å². The van der Waals surface area contributed by atoms with Gasteiger partial charge < -0.3 is 15.7 Å². The van der Waals surface area contributed by atoms with E-state index in [1.165, 1.54) is 0 Å². The van der Waals surface area contributed by atoms with Gasteiger partial charge in [-0.1, -0.05) is 13.8 Å². The third kappa shape index (κ3) is 5.95. The van der Waals surface area contributed by atoms with Gasteiger partial charge in [-0.25, -0.2) is 4.79 Å². The van der Waals surface area contributed by atoms with Gasteiger partial charge in [-0.3, -0.25) is 0 Å². The molecule has 1 atom stereocenters. The number of carbonyl (C=O) groups is 1. The summed E-state index contributed by atoms with van der Waals surface area (Å²) in [5.41, 5.74) is 0. The molecular formula is C12H24N2O2. The summed E-state index contributed by atoms with van der Waals surface area (Å²) in [6.07, 6.45) is 4.03. The van der Waals surface area contributed by atoms with Crippen molar-refractivity contribution in [3.8, 4) is 0 Å². The summed E-state index contributed by atoms with van der Waals surface area (Å²) in [7, 11) is 0. The molecule has 2 amide bonds. The maximum absolute atomic E-state index is 11.4. The van der Waals surface area contributed by atoms with Crippen molar-refractivity contribution < 1.29 is 9.90 Å². The van der Waals surface area contributed by atoms with E-state index in [9.17, 15) is 4.79 Å². The lowest BCUT2D eigenvalue weighted by molar-refractivity contribution is 0.224. The van der Waals surface area contributed by atoms with Gasteiger partial charge in [0.05, 0.1) is 0 Å². The van der Waals surface area contributed by atoms with Crippen LogP contribution in [0, 0.1) is 11.8 Å². The molecule has 1 aliphatic carbocycles. The zero-order chi connectivity index (χ0) is 12.0. The number of carbonyl (C=O) groups excluding carboxylic acids is 1. The molecule has 0 saturated heterocycles. The highest BCUT2D eigenvalue weighted by Gasteiger charge is 2.23. The van der Waals surface area contributed by atoms with Gasteiger partial charge >= 0.3 is 6.03 Å². The van der Waals surface area contributed by atoms with Crippen LogP contribution in [0.25, 0.3) is 0 Å². The van der Waals surface area contributed by atoms with Gasteiger partial charge in [0, 0.05) is 19.2 Å². The van der Waals surface area contributed by atoms with E-state index in [-0.39, 0.29) is 12.6 Å². The number of nitrogens with one attached hydrogen (secondary N) is 2. The Morgan fingerprint density at radius 2 is 2.12 bits per heavy atom. The Hall–Kier alpha value is -0.770. The predicted octanol–water partition coefficient (Wildman–Crippen LogP) is 1.49. The van der Waals surface area contributed by atoms with Crippen molar-refractivity contribution in [2.45, 2.75) is 45.6 Å². The van der Waals surface area contributed by atoms with E-state index in [1.54, 1.807) is 0 Å². The zero-order valence-electron chi connectivity index (χ0n) is 10.3. The van der Waals surface area contributed by atoms with Crippen molar-refractivity contribution in [3.63, 3.8) is 0 Å². The van der Waals surface area contributed by atoms with E-state index in [0.717, 1.165) is 25.7 Å². The average molecular weight is 228 g/mol. The normalized spacial score (nSPS) is 17.2. The Balaban J connectivity index is 2.16. The summed E-state index contributed by atoms with van der Waals surface area (Å²) >= 11 is 0.